The van der Waals surface area contributed by atoms with Gasteiger partial charge in [-0.25, -0.2) is 9.18 Å². The maximum atomic E-state index is 13.0. The number of hydrogen-bond donors (Lipinski definition) is 1. The number of rotatable bonds is 3. The molecule has 3 aromatic rings. The molecule has 0 unspecified atom stereocenters. The molecule has 1 heterocycles. The Kier molecular flexibility index (Phi) is 5.17. The summed E-state index contributed by atoms with van der Waals surface area (Å²) >= 11 is 12.7. The lowest BCUT2D eigenvalue weighted by Gasteiger charge is -2.02. The van der Waals surface area contributed by atoms with Crippen molar-refractivity contribution in [3.05, 3.63) is 84.7 Å². The highest BCUT2D eigenvalue weighted by Crippen LogP contribution is 2.22. The molecule has 0 aliphatic carbocycles. The number of aromatic nitrogens is 2. The van der Waals surface area contributed by atoms with Crippen LogP contribution in [0.1, 0.15) is 15.9 Å². The van der Waals surface area contributed by atoms with Gasteiger partial charge in [0, 0.05) is 5.56 Å². The van der Waals surface area contributed by atoms with Gasteiger partial charge in [0.2, 0.25) is 4.80 Å². The van der Waals surface area contributed by atoms with Crippen LogP contribution >= 0.6 is 34.7 Å². The fourth-order valence-electron chi connectivity index (χ4n) is 2.06. The maximum absolute atomic E-state index is 13.0. The van der Waals surface area contributed by atoms with Gasteiger partial charge in [0.25, 0.3) is 5.91 Å². The van der Waals surface area contributed by atoms with E-state index in [-0.39, 0.29) is 27.7 Å². The summed E-state index contributed by atoms with van der Waals surface area (Å²) in [6.45, 7) is 0.159. The maximum Gasteiger partial charge on any atom is 0.337 e. The standard InChI is InChI=1S/C16H10Cl2FN3O2S/c17-12-6-3-10(7-13(12)18)14(23)20-16-22(15(24)21-25-16)8-9-1-4-11(19)5-2-9/h1-7H,8H2,(H,21,24)/b20-16-. The molecule has 1 aromatic heterocycles. The molecule has 9 heteroatoms. The predicted molar refractivity (Wildman–Crippen MR) is 94.8 cm³/mol. The second-order valence-electron chi connectivity index (χ2n) is 5.05. The Morgan fingerprint density at radius 1 is 1.16 bits per heavy atom. The zero-order chi connectivity index (χ0) is 18.0. The summed E-state index contributed by atoms with van der Waals surface area (Å²) in [6, 6.07) is 10.1. The Morgan fingerprint density at radius 3 is 2.56 bits per heavy atom. The van der Waals surface area contributed by atoms with E-state index in [1.54, 1.807) is 12.1 Å². The van der Waals surface area contributed by atoms with Crippen LogP contribution in [0.3, 0.4) is 0 Å². The molecule has 2 aromatic carbocycles. The second-order valence-corrected chi connectivity index (χ2v) is 6.64. The van der Waals surface area contributed by atoms with Gasteiger partial charge in [-0.05, 0) is 47.4 Å². The SMILES string of the molecule is O=C(/N=c1\s[nH]c(=O)n1Cc1ccc(F)cc1)c1ccc(Cl)c(Cl)c1. The molecular weight excluding hydrogens is 388 g/mol. The van der Waals surface area contributed by atoms with Crippen LogP contribution in [0.15, 0.2) is 52.3 Å². The number of nitrogens with zero attached hydrogens (tertiary/aromatic N) is 2. The van der Waals surface area contributed by atoms with Crippen molar-refractivity contribution < 1.29 is 9.18 Å². The zero-order valence-electron chi connectivity index (χ0n) is 12.5. The first-order chi connectivity index (χ1) is 11.9. The van der Waals surface area contributed by atoms with Crippen molar-refractivity contribution >= 4 is 40.6 Å². The van der Waals surface area contributed by atoms with Gasteiger partial charge in [0.15, 0.2) is 0 Å². The molecule has 128 valence electrons. The Labute approximate surface area is 155 Å². The summed E-state index contributed by atoms with van der Waals surface area (Å²) in [4.78, 5) is 28.4. The molecule has 3 rings (SSSR count). The zero-order valence-corrected chi connectivity index (χ0v) is 14.8. The normalized spacial score (nSPS) is 11.7. The van der Waals surface area contributed by atoms with Gasteiger partial charge in [-0.2, -0.15) is 4.99 Å². The predicted octanol–water partition coefficient (Wildman–Crippen LogP) is 3.47. The van der Waals surface area contributed by atoms with Gasteiger partial charge in [0.05, 0.1) is 16.6 Å². The van der Waals surface area contributed by atoms with Crippen molar-refractivity contribution in [2.24, 2.45) is 4.99 Å². The van der Waals surface area contributed by atoms with Crippen molar-refractivity contribution in [3.8, 4) is 0 Å². The molecule has 5 nitrogen and oxygen atoms in total. The lowest BCUT2D eigenvalue weighted by atomic mass is 10.2. The molecule has 0 aliphatic heterocycles. The van der Waals surface area contributed by atoms with Gasteiger partial charge in [-0.1, -0.05) is 35.3 Å². The molecule has 1 N–H and O–H groups in total. The van der Waals surface area contributed by atoms with Gasteiger partial charge in [0.1, 0.15) is 5.82 Å². The Hall–Kier alpha value is -2.22. The Morgan fingerprint density at radius 2 is 1.88 bits per heavy atom. The molecular formula is C16H10Cl2FN3O2S. The largest absolute Gasteiger partial charge is 0.337 e. The summed E-state index contributed by atoms with van der Waals surface area (Å²) < 4.78 is 16.8. The van der Waals surface area contributed by atoms with E-state index >= 15 is 0 Å². The van der Waals surface area contributed by atoms with Crippen molar-refractivity contribution in [2.75, 3.05) is 0 Å². The highest BCUT2D eigenvalue weighted by Gasteiger charge is 2.10. The smallest absolute Gasteiger partial charge is 0.267 e. The number of carbonyl (C=O) groups is 1. The van der Waals surface area contributed by atoms with Crippen molar-refractivity contribution in [1.82, 2.24) is 8.94 Å². The highest BCUT2D eigenvalue weighted by atomic mass is 35.5. The van der Waals surface area contributed by atoms with Crippen LogP contribution in [0, 0.1) is 5.82 Å². The first kappa shape index (κ1) is 17.6. The van der Waals surface area contributed by atoms with E-state index in [0.29, 0.717) is 10.6 Å². The van der Waals surface area contributed by atoms with E-state index in [2.05, 4.69) is 9.37 Å². The van der Waals surface area contributed by atoms with Crippen LogP contribution in [0.5, 0.6) is 0 Å². The van der Waals surface area contributed by atoms with E-state index in [0.717, 1.165) is 11.5 Å². The van der Waals surface area contributed by atoms with Crippen LogP contribution in [0.2, 0.25) is 10.0 Å². The van der Waals surface area contributed by atoms with E-state index in [1.807, 2.05) is 0 Å². The van der Waals surface area contributed by atoms with Crippen LogP contribution < -0.4 is 10.5 Å². The summed E-state index contributed by atoms with van der Waals surface area (Å²) in [5.74, 6) is -0.922. The summed E-state index contributed by atoms with van der Waals surface area (Å²) in [6.07, 6.45) is 0. The molecule has 1 amide bonds. The van der Waals surface area contributed by atoms with Crippen molar-refractivity contribution in [1.29, 1.82) is 0 Å². The third-order valence-corrected chi connectivity index (χ3v) is 4.83. The average Bonchev–Trinajstić information content (AvgIpc) is 2.92. The van der Waals surface area contributed by atoms with Gasteiger partial charge < -0.3 is 0 Å². The third-order valence-electron chi connectivity index (χ3n) is 3.32. The molecule has 0 aliphatic rings. The van der Waals surface area contributed by atoms with Gasteiger partial charge in [-0.15, -0.1) is 0 Å². The second kappa shape index (κ2) is 7.35. The van der Waals surface area contributed by atoms with E-state index in [1.165, 1.54) is 34.9 Å². The number of benzene rings is 2. The molecule has 25 heavy (non-hydrogen) atoms. The van der Waals surface area contributed by atoms with E-state index < -0.39 is 11.6 Å². The number of amides is 1. The van der Waals surface area contributed by atoms with Crippen LogP contribution in [0.4, 0.5) is 4.39 Å². The summed E-state index contributed by atoms with van der Waals surface area (Å²) in [5.41, 5.74) is 0.548. The lowest BCUT2D eigenvalue weighted by molar-refractivity contribution is 0.0997. The molecule has 0 spiro atoms. The molecule has 0 radical (unpaired) electrons. The van der Waals surface area contributed by atoms with E-state index in [4.69, 9.17) is 23.2 Å². The minimum absolute atomic E-state index is 0.159. The van der Waals surface area contributed by atoms with Crippen molar-refractivity contribution in [2.45, 2.75) is 6.54 Å². The number of H-pyrrole nitrogens is 1. The number of aromatic amines is 1. The van der Waals surface area contributed by atoms with Gasteiger partial charge >= 0.3 is 5.69 Å². The molecule has 0 atom stereocenters. The minimum atomic E-state index is -0.554. The number of nitrogens with one attached hydrogen (secondary N) is 1. The topological polar surface area (TPSA) is 67.2 Å². The highest BCUT2D eigenvalue weighted by molar-refractivity contribution is 7.02. The first-order valence-corrected chi connectivity index (χ1v) is 8.58. The first-order valence-electron chi connectivity index (χ1n) is 7.01. The Bertz CT molecular complexity index is 1050. The molecule has 0 saturated heterocycles. The fraction of sp³-hybridized carbons (Fsp3) is 0.0625. The van der Waals surface area contributed by atoms with E-state index in [9.17, 15) is 14.0 Å². The number of hydrogen-bond acceptors (Lipinski definition) is 3. The molecule has 0 saturated carbocycles. The molecule has 0 fully saturated rings. The van der Waals surface area contributed by atoms with Crippen molar-refractivity contribution in [3.63, 3.8) is 0 Å². The summed E-state index contributed by atoms with van der Waals surface area (Å²) in [7, 11) is 0. The fourth-order valence-corrected chi connectivity index (χ4v) is 3.04. The van der Waals surface area contributed by atoms with Gasteiger partial charge in [-0.3, -0.25) is 13.7 Å². The summed E-state index contributed by atoms with van der Waals surface area (Å²) in [5, 5.41) is 0.569. The minimum Gasteiger partial charge on any atom is -0.267 e. The number of halogens is 3. The molecule has 0 bridgehead atoms. The Balaban J connectivity index is 1.96. The van der Waals surface area contributed by atoms with Crippen LogP contribution in [0.25, 0.3) is 0 Å². The average molecular weight is 398 g/mol. The quantitative estimate of drug-likeness (QED) is 0.734. The van der Waals surface area contributed by atoms with Crippen LogP contribution in [-0.4, -0.2) is 14.8 Å². The monoisotopic (exact) mass is 397 g/mol. The number of carbonyl (C=O) groups excluding carboxylic acids is 1. The van der Waals surface area contributed by atoms with Crippen LogP contribution in [-0.2, 0) is 6.54 Å². The third kappa shape index (κ3) is 4.07. The lowest BCUT2D eigenvalue weighted by Crippen LogP contribution is -2.28.